The van der Waals surface area contributed by atoms with Crippen molar-refractivity contribution < 1.29 is 14.5 Å². The molecule has 8 nitrogen and oxygen atoms in total. The average molecular weight is 407 g/mol. The van der Waals surface area contributed by atoms with Crippen LogP contribution in [0.1, 0.15) is 5.56 Å². The van der Waals surface area contributed by atoms with Crippen LogP contribution in [0.3, 0.4) is 0 Å². The fraction of sp³-hybridized carbons (Fsp3) is 0.118. The number of aromatic nitrogens is 2. The zero-order valence-electron chi connectivity index (χ0n) is 13.9. The number of nitrogens with one attached hydrogen (secondary N) is 1. The van der Waals surface area contributed by atoms with Crippen LogP contribution < -0.4 is 10.1 Å². The number of ether oxygens (including phenoxy) is 1. The number of benzene rings is 2. The predicted molar refractivity (Wildman–Crippen MR) is 102 cm³/mol. The van der Waals surface area contributed by atoms with Crippen molar-refractivity contribution >= 4 is 51.4 Å². The van der Waals surface area contributed by atoms with E-state index in [2.05, 4.69) is 15.3 Å². The van der Waals surface area contributed by atoms with Gasteiger partial charge in [-0.05, 0) is 30.7 Å². The van der Waals surface area contributed by atoms with Crippen molar-refractivity contribution in [3.05, 3.63) is 62.4 Å². The first-order chi connectivity index (χ1) is 12.8. The number of carbonyl (C=O) groups excluding carboxylic acids is 1. The zero-order valence-corrected chi connectivity index (χ0v) is 15.4. The molecule has 138 valence electrons. The number of halogens is 2. The lowest BCUT2D eigenvalue weighted by molar-refractivity contribution is -0.384. The molecule has 0 atom stereocenters. The van der Waals surface area contributed by atoms with Gasteiger partial charge in [0.2, 0.25) is 5.88 Å². The van der Waals surface area contributed by atoms with Gasteiger partial charge in [-0.25, -0.2) is 9.97 Å². The lowest BCUT2D eigenvalue weighted by Crippen LogP contribution is -2.21. The summed E-state index contributed by atoms with van der Waals surface area (Å²) >= 11 is 12.1. The molecular formula is C17H12Cl2N4O4. The first-order valence-electron chi connectivity index (χ1n) is 7.62. The molecule has 1 heterocycles. The first-order valence-corrected chi connectivity index (χ1v) is 8.38. The summed E-state index contributed by atoms with van der Waals surface area (Å²) in [6.07, 6.45) is 1.27. The summed E-state index contributed by atoms with van der Waals surface area (Å²) in [5, 5.41) is 14.6. The van der Waals surface area contributed by atoms with Crippen molar-refractivity contribution in [2.45, 2.75) is 6.92 Å². The van der Waals surface area contributed by atoms with E-state index >= 15 is 0 Å². The largest absolute Gasteiger partial charge is 0.467 e. The van der Waals surface area contributed by atoms with Crippen LogP contribution >= 0.6 is 23.2 Å². The molecule has 27 heavy (non-hydrogen) atoms. The Morgan fingerprint density at radius 2 is 2.04 bits per heavy atom. The number of nitro benzene ring substituents is 1. The molecule has 0 fully saturated rings. The summed E-state index contributed by atoms with van der Waals surface area (Å²) in [5.74, 6) is -0.285. The monoisotopic (exact) mass is 406 g/mol. The van der Waals surface area contributed by atoms with Gasteiger partial charge in [-0.3, -0.25) is 14.9 Å². The quantitative estimate of drug-likeness (QED) is 0.503. The molecule has 1 amide bonds. The molecule has 0 spiro atoms. The highest BCUT2D eigenvalue weighted by molar-refractivity contribution is 6.38. The van der Waals surface area contributed by atoms with Crippen LogP contribution in [0, 0.1) is 17.0 Å². The van der Waals surface area contributed by atoms with Crippen LogP contribution in [0.25, 0.3) is 10.9 Å². The van der Waals surface area contributed by atoms with Crippen molar-refractivity contribution in [2.75, 3.05) is 11.9 Å². The molecule has 0 radical (unpaired) electrons. The van der Waals surface area contributed by atoms with Gasteiger partial charge in [-0.2, -0.15) is 0 Å². The number of anilines is 1. The van der Waals surface area contributed by atoms with Gasteiger partial charge in [0.25, 0.3) is 11.6 Å². The third-order valence-electron chi connectivity index (χ3n) is 3.66. The van der Waals surface area contributed by atoms with E-state index in [0.29, 0.717) is 32.2 Å². The smallest absolute Gasteiger partial charge is 0.269 e. The van der Waals surface area contributed by atoms with Crippen LogP contribution in [0.15, 0.2) is 36.7 Å². The van der Waals surface area contributed by atoms with Crippen molar-refractivity contribution in [2.24, 2.45) is 0 Å². The van der Waals surface area contributed by atoms with Gasteiger partial charge in [0.1, 0.15) is 6.33 Å². The minimum absolute atomic E-state index is 0.0528. The van der Waals surface area contributed by atoms with Crippen molar-refractivity contribution in [1.82, 2.24) is 9.97 Å². The van der Waals surface area contributed by atoms with E-state index in [0.717, 1.165) is 0 Å². The van der Waals surface area contributed by atoms with Crippen LogP contribution in [0.5, 0.6) is 5.88 Å². The molecule has 0 aliphatic rings. The molecule has 3 rings (SSSR count). The summed E-state index contributed by atoms with van der Waals surface area (Å²) in [4.78, 5) is 30.5. The Labute approximate surface area is 163 Å². The van der Waals surface area contributed by atoms with Crippen molar-refractivity contribution in [1.29, 1.82) is 0 Å². The molecule has 1 N–H and O–H groups in total. The molecule has 0 unspecified atom stereocenters. The van der Waals surface area contributed by atoms with Gasteiger partial charge in [0, 0.05) is 22.8 Å². The normalized spacial score (nSPS) is 10.6. The van der Waals surface area contributed by atoms with Gasteiger partial charge in [-0.1, -0.05) is 23.2 Å². The van der Waals surface area contributed by atoms with E-state index < -0.39 is 10.8 Å². The van der Waals surface area contributed by atoms with Crippen molar-refractivity contribution in [3.63, 3.8) is 0 Å². The van der Waals surface area contributed by atoms with Gasteiger partial charge in [0.15, 0.2) is 6.61 Å². The highest BCUT2D eigenvalue weighted by Crippen LogP contribution is 2.30. The summed E-state index contributed by atoms with van der Waals surface area (Å²) in [6.45, 7) is 1.33. The van der Waals surface area contributed by atoms with Crippen LogP contribution in [0.2, 0.25) is 10.0 Å². The third-order valence-corrected chi connectivity index (χ3v) is 4.16. The topological polar surface area (TPSA) is 107 Å². The Morgan fingerprint density at radius 3 is 2.74 bits per heavy atom. The highest BCUT2D eigenvalue weighted by Gasteiger charge is 2.13. The van der Waals surface area contributed by atoms with E-state index in [9.17, 15) is 14.9 Å². The SMILES string of the molecule is Cc1cc([N+](=O)[O-])ccc1NC(=O)COc1ncnc2c(Cl)cc(Cl)cc12. The number of hydrogen-bond acceptors (Lipinski definition) is 6. The molecule has 0 saturated carbocycles. The molecule has 1 aromatic heterocycles. The Balaban J connectivity index is 1.73. The molecule has 2 aromatic carbocycles. The maximum Gasteiger partial charge on any atom is 0.269 e. The van der Waals surface area contributed by atoms with Gasteiger partial charge >= 0.3 is 0 Å². The van der Waals surface area contributed by atoms with Gasteiger partial charge in [0.05, 0.1) is 20.8 Å². The fourth-order valence-corrected chi connectivity index (χ4v) is 2.95. The Kier molecular flexibility index (Phi) is 5.38. The van der Waals surface area contributed by atoms with E-state index in [4.69, 9.17) is 27.9 Å². The zero-order chi connectivity index (χ0) is 19.6. The second-order valence-corrected chi connectivity index (χ2v) is 6.40. The second-order valence-electron chi connectivity index (χ2n) is 5.56. The number of nitro groups is 1. The maximum absolute atomic E-state index is 12.2. The molecule has 0 saturated heterocycles. The number of rotatable bonds is 5. The molecule has 0 bridgehead atoms. The summed E-state index contributed by atoms with van der Waals surface area (Å²) in [6, 6.07) is 7.29. The molecule has 10 heteroatoms. The van der Waals surface area contributed by atoms with Crippen LogP contribution in [0.4, 0.5) is 11.4 Å². The lowest BCUT2D eigenvalue weighted by atomic mass is 10.2. The van der Waals surface area contributed by atoms with E-state index in [1.54, 1.807) is 19.1 Å². The highest BCUT2D eigenvalue weighted by atomic mass is 35.5. The van der Waals surface area contributed by atoms with E-state index in [-0.39, 0.29) is 18.2 Å². The Bertz CT molecular complexity index is 1060. The third kappa shape index (κ3) is 4.24. The molecule has 0 aliphatic carbocycles. The summed E-state index contributed by atoms with van der Waals surface area (Å²) in [7, 11) is 0. The lowest BCUT2D eigenvalue weighted by Gasteiger charge is -2.10. The Morgan fingerprint density at radius 1 is 1.26 bits per heavy atom. The first kappa shape index (κ1) is 18.8. The van der Waals surface area contributed by atoms with Crippen LogP contribution in [-0.4, -0.2) is 27.4 Å². The van der Waals surface area contributed by atoms with E-state index in [1.165, 1.54) is 24.5 Å². The number of nitrogens with zero attached hydrogens (tertiary/aromatic N) is 3. The minimum atomic E-state index is -0.502. The predicted octanol–water partition coefficient (Wildman–Crippen LogP) is 4.17. The Hall–Kier alpha value is -2.97. The standard InChI is InChI=1S/C17H12Cl2N4O4/c1-9-4-11(23(25)26)2-3-14(9)22-15(24)7-27-17-12-5-10(18)6-13(19)16(12)20-8-21-17/h2-6,8H,7H2,1H3,(H,22,24). The summed E-state index contributed by atoms with van der Waals surface area (Å²) < 4.78 is 5.48. The molecular weight excluding hydrogens is 395 g/mol. The number of carbonyl (C=O) groups is 1. The van der Waals surface area contributed by atoms with Crippen LogP contribution in [-0.2, 0) is 4.79 Å². The minimum Gasteiger partial charge on any atom is -0.467 e. The van der Waals surface area contributed by atoms with Gasteiger partial charge in [-0.15, -0.1) is 0 Å². The van der Waals surface area contributed by atoms with Crippen molar-refractivity contribution in [3.8, 4) is 5.88 Å². The summed E-state index contributed by atoms with van der Waals surface area (Å²) in [5.41, 5.74) is 1.41. The number of amides is 1. The maximum atomic E-state index is 12.2. The number of aryl methyl sites for hydroxylation is 1. The molecule has 3 aromatic rings. The van der Waals surface area contributed by atoms with E-state index in [1.807, 2.05) is 0 Å². The fourth-order valence-electron chi connectivity index (χ4n) is 2.41. The number of non-ortho nitro benzene ring substituents is 1. The van der Waals surface area contributed by atoms with Gasteiger partial charge < -0.3 is 10.1 Å². The average Bonchev–Trinajstić information content (AvgIpc) is 2.61. The second kappa shape index (κ2) is 7.73. The number of fused-ring (bicyclic) bond motifs is 1. The number of hydrogen-bond donors (Lipinski definition) is 1. The molecule has 0 aliphatic heterocycles.